The molecule has 0 aliphatic heterocycles. The van der Waals surface area contributed by atoms with Gasteiger partial charge in [-0.25, -0.2) is 0 Å². The highest BCUT2D eigenvalue weighted by atomic mass is 31.1. The minimum Gasteiger partial charge on any atom is -0.117 e. The highest BCUT2D eigenvalue weighted by molar-refractivity contribution is 7.39. The molecule has 1 aliphatic carbocycles. The van der Waals surface area contributed by atoms with Crippen LogP contribution in [0, 0.1) is 0 Å². The zero-order chi connectivity index (χ0) is 15.4. The van der Waals surface area contributed by atoms with E-state index in [2.05, 4.69) is 82.6 Å². The smallest absolute Gasteiger partial charge is 0.0494 e. The summed E-state index contributed by atoms with van der Waals surface area (Å²) in [7, 11) is 6.11. The van der Waals surface area contributed by atoms with Gasteiger partial charge in [0.25, 0.3) is 0 Å². The lowest BCUT2D eigenvalue weighted by molar-refractivity contribution is 0.591. The van der Waals surface area contributed by atoms with Crippen LogP contribution in [0.15, 0.2) is 36.4 Å². The lowest BCUT2D eigenvalue weighted by Crippen LogP contribution is -2.15. The molecule has 110 valence electrons. The number of fused-ring (bicyclic) bond motifs is 3. The van der Waals surface area contributed by atoms with E-state index in [1.165, 1.54) is 33.4 Å². The zero-order valence-electron chi connectivity index (χ0n) is 13.3. The van der Waals surface area contributed by atoms with Crippen LogP contribution in [-0.4, -0.2) is 0 Å². The summed E-state index contributed by atoms with van der Waals surface area (Å²) in [6.07, 6.45) is 1.08. The van der Waals surface area contributed by atoms with Crippen molar-refractivity contribution in [2.75, 3.05) is 0 Å². The molecule has 2 atom stereocenters. The van der Waals surface area contributed by atoms with Crippen LogP contribution in [0.5, 0.6) is 0 Å². The van der Waals surface area contributed by atoms with E-state index in [0.29, 0.717) is 0 Å². The first-order valence-electron chi connectivity index (χ1n) is 7.62. The van der Waals surface area contributed by atoms with E-state index in [0.717, 1.165) is 6.42 Å². The third kappa shape index (κ3) is 2.28. The van der Waals surface area contributed by atoms with Gasteiger partial charge in [0.15, 0.2) is 0 Å². The molecule has 2 aromatic carbocycles. The molecule has 0 bridgehead atoms. The van der Waals surface area contributed by atoms with Crippen LogP contribution in [-0.2, 0) is 16.7 Å². The van der Waals surface area contributed by atoms with Crippen LogP contribution < -0.4 is 0 Å². The zero-order valence-corrected chi connectivity index (χ0v) is 15.6. The van der Waals surface area contributed by atoms with Gasteiger partial charge in [0, 0.05) is 4.90 Å². The van der Waals surface area contributed by atoms with Crippen molar-refractivity contribution in [1.82, 2.24) is 0 Å². The normalized spacial score (nSPS) is 15.7. The number of hydrogen-bond donors (Lipinski definition) is 0. The van der Waals surface area contributed by atoms with Gasteiger partial charge >= 0.3 is 0 Å². The first kappa shape index (κ1) is 15.2. The molecular weight excluding hydrogens is 290 g/mol. The number of aryl methyl sites for hydroxylation is 1. The van der Waals surface area contributed by atoms with Crippen LogP contribution in [0.25, 0.3) is 11.1 Å². The van der Waals surface area contributed by atoms with Crippen molar-refractivity contribution in [2.24, 2.45) is 0 Å². The second-order valence-electron chi connectivity index (χ2n) is 7.08. The summed E-state index contributed by atoms with van der Waals surface area (Å²) in [6, 6.07) is 13.6. The SMILES string of the molecule is CCc1cc(C(C)(C)C)c2c(c1)C(P)(P)c1ccccc1-2. The monoisotopic (exact) mass is 314 g/mol. The molecular formula is C19H24P2. The molecule has 2 aromatic rings. The summed E-state index contributed by atoms with van der Waals surface area (Å²) >= 11 is 0. The molecule has 0 heterocycles. The fraction of sp³-hybridized carbons (Fsp3) is 0.368. The molecule has 0 N–H and O–H groups in total. The van der Waals surface area contributed by atoms with Gasteiger partial charge in [-0.2, -0.15) is 0 Å². The van der Waals surface area contributed by atoms with Crippen LogP contribution >= 0.6 is 18.5 Å². The molecule has 2 heteroatoms. The second kappa shape index (κ2) is 4.91. The molecule has 1 aliphatic rings. The molecule has 21 heavy (non-hydrogen) atoms. The Kier molecular flexibility index (Phi) is 3.55. The molecule has 2 unspecified atom stereocenters. The lowest BCUT2D eigenvalue weighted by atomic mass is 9.80. The van der Waals surface area contributed by atoms with Crippen LogP contribution in [0.4, 0.5) is 0 Å². The highest BCUT2D eigenvalue weighted by Crippen LogP contribution is 2.58. The Morgan fingerprint density at radius 1 is 1.00 bits per heavy atom. The second-order valence-corrected chi connectivity index (χ2v) is 9.57. The Balaban J connectivity index is 2.42. The fourth-order valence-electron chi connectivity index (χ4n) is 3.32. The van der Waals surface area contributed by atoms with E-state index in [9.17, 15) is 0 Å². The van der Waals surface area contributed by atoms with Crippen molar-refractivity contribution in [3.05, 3.63) is 58.7 Å². The number of benzene rings is 2. The Labute approximate surface area is 133 Å². The van der Waals surface area contributed by atoms with Crippen molar-refractivity contribution < 1.29 is 0 Å². The van der Waals surface area contributed by atoms with Crippen molar-refractivity contribution in [2.45, 2.75) is 44.4 Å². The molecule has 3 rings (SSSR count). The Hall–Kier alpha value is -0.700. The predicted octanol–water partition coefficient (Wildman–Crippen LogP) is 5.48. The predicted molar refractivity (Wildman–Crippen MR) is 100 cm³/mol. The summed E-state index contributed by atoms with van der Waals surface area (Å²) in [5.74, 6) is 0. The van der Waals surface area contributed by atoms with Crippen molar-refractivity contribution >= 4 is 18.5 Å². The van der Waals surface area contributed by atoms with Crippen LogP contribution in [0.1, 0.15) is 49.9 Å². The third-order valence-electron chi connectivity index (χ3n) is 4.50. The van der Waals surface area contributed by atoms with Crippen molar-refractivity contribution in [3.8, 4) is 11.1 Å². The van der Waals surface area contributed by atoms with Gasteiger partial charge in [0.1, 0.15) is 0 Å². The van der Waals surface area contributed by atoms with Gasteiger partial charge in [-0.15, -0.1) is 18.5 Å². The van der Waals surface area contributed by atoms with Gasteiger partial charge in [0.05, 0.1) is 0 Å². The molecule has 0 radical (unpaired) electrons. The minimum absolute atomic E-state index is 0.0584. The molecule has 0 amide bonds. The van der Waals surface area contributed by atoms with E-state index < -0.39 is 0 Å². The highest BCUT2D eigenvalue weighted by Gasteiger charge is 2.38. The molecule has 0 aromatic heterocycles. The molecule has 0 spiro atoms. The standard InChI is InChI=1S/C19H24P2/c1-5-12-10-15(18(2,3)4)17-13-8-6-7-9-14(13)19(20,21)16(17)11-12/h6-11H,5,20-21H2,1-4H3. The minimum atomic E-state index is -0.0584. The maximum absolute atomic E-state index is 3.06. The summed E-state index contributed by atoms with van der Waals surface area (Å²) < 4.78 is 0. The summed E-state index contributed by atoms with van der Waals surface area (Å²) in [4.78, 5) is -0.0584. The van der Waals surface area contributed by atoms with E-state index in [1.54, 1.807) is 0 Å². The Morgan fingerprint density at radius 2 is 1.67 bits per heavy atom. The van der Waals surface area contributed by atoms with E-state index in [4.69, 9.17) is 0 Å². The van der Waals surface area contributed by atoms with Gasteiger partial charge in [-0.1, -0.05) is 64.1 Å². The molecule has 0 nitrogen and oxygen atoms in total. The van der Waals surface area contributed by atoms with E-state index in [-0.39, 0.29) is 10.3 Å². The summed E-state index contributed by atoms with van der Waals surface area (Å²) in [5.41, 5.74) is 8.72. The summed E-state index contributed by atoms with van der Waals surface area (Å²) in [6.45, 7) is 9.19. The van der Waals surface area contributed by atoms with Gasteiger partial charge in [-0.05, 0) is 45.2 Å². The molecule has 0 saturated carbocycles. The van der Waals surface area contributed by atoms with E-state index in [1.807, 2.05) is 0 Å². The van der Waals surface area contributed by atoms with Crippen molar-refractivity contribution in [3.63, 3.8) is 0 Å². The topological polar surface area (TPSA) is 0 Å². The van der Waals surface area contributed by atoms with Crippen LogP contribution in [0.2, 0.25) is 0 Å². The lowest BCUT2D eigenvalue weighted by Gasteiger charge is -2.26. The first-order chi connectivity index (χ1) is 9.76. The van der Waals surface area contributed by atoms with Crippen LogP contribution in [0.3, 0.4) is 0 Å². The quantitative estimate of drug-likeness (QED) is 0.612. The van der Waals surface area contributed by atoms with Gasteiger partial charge in [-0.3, -0.25) is 0 Å². The average molecular weight is 314 g/mol. The maximum atomic E-state index is 3.06. The van der Waals surface area contributed by atoms with E-state index >= 15 is 0 Å². The summed E-state index contributed by atoms with van der Waals surface area (Å²) in [5, 5.41) is 0. The maximum Gasteiger partial charge on any atom is 0.0494 e. The average Bonchev–Trinajstić information content (AvgIpc) is 2.66. The van der Waals surface area contributed by atoms with Crippen molar-refractivity contribution in [1.29, 1.82) is 0 Å². The largest absolute Gasteiger partial charge is 0.117 e. The molecule has 0 fully saturated rings. The molecule has 0 saturated heterocycles. The third-order valence-corrected chi connectivity index (χ3v) is 5.75. The first-order valence-corrected chi connectivity index (χ1v) is 8.77. The van der Waals surface area contributed by atoms with Gasteiger partial charge < -0.3 is 0 Å². The fourth-order valence-corrected chi connectivity index (χ4v) is 4.28. The number of rotatable bonds is 1. The number of hydrogen-bond acceptors (Lipinski definition) is 0. The Bertz CT molecular complexity index is 706. The van der Waals surface area contributed by atoms with Gasteiger partial charge in [0.2, 0.25) is 0 Å². The Morgan fingerprint density at radius 3 is 2.29 bits per heavy atom.